The predicted octanol–water partition coefficient (Wildman–Crippen LogP) is 2.75. The van der Waals surface area contributed by atoms with Crippen molar-refractivity contribution in [2.24, 2.45) is 0 Å². The van der Waals surface area contributed by atoms with Gasteiger partial charge in [-0.2, -0.15) is 0 Å². The summed E-state index contributed by atoms with van der Waals surface area (Å²) >= 11 is 0. The molecule has 0 unspecified atom stereocenters. The fourth-order valence-electron chi connectivity index (χ4n) is 1.05. The van der Waals surface area contributed by atoms with Gasteiger partial charge in [-0.15, -0.1) is 0 Å². The molecule has 0 fully saturated rings. The highest BCUT2D eigenvalue weighted by molar-refractivity contribution is 5.23. The summed E-state index contributed by atoms with van der Waals surface area (Å²) in [5.41, 5.74) is 2.01. The molecule has 0 N–H and O–H groups in total. The topological polar surface area (TPSA) is 0 Å². The van der Waals surface area contributed by atoms with E-state index in [0.717, 1.165) is 24.0 Å². The summed E-state index contributed by atoms with van der Waals surface area (Å²) in [5.74, 6) is -0.235. The first-order chi connectivity index (χ1) is 5.26. The van der Waals surface area contributed by atoms with Gasteiger partial charge in [-0.1, -0.05) is 19.9 Å². The summed E-state index contributed by atoms with van der Waals surface area (Å²) in [5, 5.41) is 0. The molecular formula is C10H12F. The molecule has 59 valence electrons. The lowest BCUT2D eigenvalue weighted by molar-refractivity contribution is 0.621. The van der Waals surface area contributed by atoms with E-state index >= 15 is 0 Å². The molecule has 1 aromatic rings. The standard InChI is InChI=1S/C10H12F/c1-3-8-5-9(4-2)7-10(11)6-8/h5-6H,3-4H2,1-2H3. The van der Waals surface area contributed by atoms with Gasteiger partial charge in [0.25, 0.3) is 0 Å². The first kappa shape index (κ1) is 8.25. The van der Waals surface area contributed by atoms with Crippen molar-refractivity contribution < 1.29 is 4.39 Å². The normalized spacial score (nSPS) is 10.1. The fraction of sp³-hybridized carbons (Fsp3) is 0.400. The van der Waals surface area contributed by atoms with Crippen LogP contribution in [0.2, 0.25) is 0 Å². The second kappa shape index (κ2) is 3.51. The largest absolute Gasteiger partial charge is 0.206 e. The number of aryl methyl sites for hydroxylation is 2. The van der Waals surface area contributed by atoms with Crippen LogP contribution in [0.3, 0.4) is 0 Å². The molecule has 1 aromatic carbocycles. The van der Waals surface area contributed by atoms with Crippen molar-refractivity contribution in [1.82, 2.24) is 0 Å². The highest BCUT2D eigenvalue weighted by atomic mass is 19.1. The van der Waals surface area contributed by atoms with Crippen LogP contribution in [-0.4, -0.2) is 0 Å². The Kier molecular flexibility index (Phi) is 2.64. The molecule has 0 aromatic heterocycles. The van der Waals surface area contributed by atoms with Gasteiger partial charge >= 0.3 is 0 Å². The lowest BCUT2D eigenvalue weighted by atomic mass is 10.1. The molecule has 0 saturated heterocycles. The summed E-state index contributed by atoms with van der Waals surface area (Å²) in [6.45, 7) is 4.03. The van der Waals surface area contributed by atoms with Gasteiger partial charge in [0, 0.05) is 6.07 Å². The second-order valence-electron chi connectivity index (χ2n) is 2.57. The lowest BCUT2D eigenvalue weighted by Gasteiger charge is -2.00. The van der Waals surface area contributed by atoms with E-state index in [-0.39, 0.29) is 5.82 Å². The van der Waals surface area contributed by atoms with Crippen LogP contribution >= 0.6 is 0 Å². The zero-order valence-corrected chi connectivity index (χ0v) is 6.95. The molecule has 0 heterocycles. The van der Waals surface area contributed by atoms with E-state index in [4.69, 9.17) is 0 Å². The third-order valence-corrected chi connectivity index (χ3v) is 1.74. The van der Waals surface area contributed by atoms with Gasteiger partial charge in [-0.3, -0.25) is 0 Å². The van der Waals surface area contributed by atoms with Crippen molar-refractivity contribution in [2.45, 2.75) is 26.7 Å². The van der Waals surface area contributed by atoms with Crippen molar-refractivity contribution in [3.05, 3.63) is 35.1 Å². The zero-order valence-electron chi connectivity index (χ0n) is 6.95. The number of hydrogen-bond donors (Lipinski definition) is 0. The van der Waals surface area contributed by atoms with Crippen LogP contribution < -0.4 is 0 Å². The Morgan fingerprint density at radius 1 is 1.27 bits per heavy atom. The lowest BCUT2D eigenvalue weighted by Crippen LogP contribution is -1.88. The Hall–Kier alpha value is -0.850. The third-order valence-electron chi connectivity index (χ3n) is 1.74. The monoisotopic (exact) mass is 151 g/mol. The van der Waals surface area contributed by atoms with Gasteiger partial charge in [-0.05, 0) is 30.0 Å². The molecular weight excluding hydrogens is 139 g/mol. The third kappa shape index (κ3) is 2.04. The van der Waals surface area contributed by atoms with Crippen molar-refractivity contribution in [2.75, 3.05) is 0 Å². The minimum atomic E-state index is -0.235. The van der Waals surface area contributed by atoms with E-state index in [0.29, 0.717) is 0 Å². The summed E-state index contributed by atoms with van der Waals surface area (Å²) < 4.78 is 12.7. The van der Waals surface area contributed by atoms with Crippen molar-refractivity contribution >= 4 is 0 Å². The van der Waals surface area contributed by atoms with E-state index in [2.05, 4.69) is 6.07 Å². The Morgan fingerprint density at radius 3 is 2.55 bits per heavy atom. The number of halogens is 1. The first-order valence-electron chi connectivity index (χ1n) is 3.97. The quantitative estimate of drug-likeness (QED) is 0.609. The summed E-state index contributed by atoms with van der Waals surface area (Å²) in [4.78, 5) is 0. The maximum absolute atomic E-state index is 12.7. The Balaban J connectivity index is 3.02. The fourth-order valence-corrected chi connectivity index (χ4v) is 1.05. The van der Waals surface area contributed by atoms with Crippen molar-refractivity contribution in [1.29, 1.82) is 0 Å². The maximum atomic E-state index is 12.7. The van der Waals surface area contributed by atoms with Gasteiger partial charge < -0.3 is 0 Å². The van der Waals surface area contributed by atoms with Gasteiger partial charge in [0.15, 0.2) is 0 Å². The zero-order chi connectivity index (χ0) is 8.27. The Morgan fingerprint density at radius 2 is 2.00 bits per heavy atom. The summed E-state index contributed by atoms with van der Waals surface area (Å²) in [6.07, 6.45) is 1.74. The average molecular weight is 151 g/mol. The molecule has 11 heavy (non-hydrogen) atoms. The van der Waals surface area contributed by atoms with Gasteiger partial charge in [0.1, 0.15) is 5.82 Å². The predicted molar refractivity (Wildman–Crippen MR) is 44.0 cm³/mol. The van der Waals surface area contributed by atoms with E-state index < -0.39 is 0 Å². The molecule has 0 amide bonds. The average Bonchev–Trinajstić information content (AvgIpc) is 2.03. The molecule has 1 radical (unpaired) electrons. The minimum Gasteiger partial charge on any atom is -0.206 e. The summed E-state index contributed by atoms with van der Waals surface area (Å²) in [7, 11) is 0. The van der Waals surface area contributed by atoms with E-state index in [1.54, 1.807) is 6.07 Å². The van der Waals surface area contributed by atoms with Crippen LogP contribution in [-0.2, 0) is 12.8 Å². The second-order valence-corrected chi connectivity index (χ2v) is 2.57. The van der Waals surface area contributed by atoms with E-state index in [1.807, 2.05) is 19.9 Å². The summed E-state index contributed by atoms with van der Waals surface area (Å²) in [6, 6.07) is 6.21. The maximum Gasteiger partial charge on any atom is 0.131 e. The first-order valence-corrected chi connectivity index (χ1v) is 3.97. The van der Waals surface area contributed by atoms with Gasteiger partial charge in [-0.25, -0.2) is 4.39 Å². The van der Waals surface area contributed by atoms with Crippen molar-refractivity contribution in [3.63, 3.8) is 0 Å². The molecule has 0 aliphatic carbocycles. The Bertz CT molecular complexity index is 218. The van der Waals surface area contributed by atoms with Crippen LogP contribution in [0, 0.1) is 11.9 Å². The number of hydrogen-bond acceptors (Lipinski definition) is 0. The minimum absolute atomic E-state index is 0.235. The van der Waals surface area contributed by atoms with Crippen molar-refractivity contribution in [3.8, 4) is 0 Å². The Labute approximate surface area is 67.1 Å². The number of benzene rings is 1. The number of rotatable bonds is 2. The molecule has 0 nitrogen and oxygen atoms in total. The molecule has 1 rings (SSSR count). The van der Waals surface area contributed by atoms with Crippen LogP contribution in [0.25, 0.3) is 0 Å². The highest BCUT2D eigenvalue weighted by Crippen LogP contribution is 2.09. The van der Waals surface area contributed by atoms with E-state index in [9.17, 15) is 4.39 Å². The van der Waals surface area contributed by atoms with Crippen LogP contribution in [0.1, 0.15) is 25.0 Å². The molecule has 0 spiro atoms. The van der Waals surface area contributed by atoms with Crippen LogP contribution in [0.4, 0.5) is 4.39 Å². The molecule has 0 bridgehead atoms. The molecule has 0 aliphatic heterocycles. The molecule has 1 heteroatoms. The molecule has 0 atom stereocenters. The SMILES string of the molecule is CCc1[c]c(F)cc(CC)c1. The molecule has 0 aliphatic rings. The van der Waals surface area contributed by atoms with Gasteiger partial charge in [0.2, 0.25) is 0 Å². The van der Waals surface area contributed by atoms with E-state index in [1.165, 1.54) is 0 Å². The van der Waals surface area contributed by atoms with Crippen LogP contribution in [0.15, 0.2) is 12.1 Å². The smallest absolute Gasteiger partial charge is 0.131 e. The van der Waals surface area contributed by atoms with Gasteiger partial charge in [0.05, 0.1) is 0 Å². The highest BCUT2D eigenvalue weighted by Gasteiger charge is 1.97. The van der Waals surface area contributed by atoms with Crippen LogP contribution in [0.5, 0.6) is 0 Å². The molecule has 0 saturated carbocycles.